The lowest BCUT2D eigenvalue weighted by atomic mass is 9.84. The van der Waals surface area contributed by atoms with Crippen molar-refractivity contribution in [2.24, 2.45) is 0 Å². The summed E-state index contributed by atoms with van der Waals surface area (Å²) in [5.41, 5.74) is 6.55. The number of ketones is 1. The number of hydrogen-bond acceptors (Lipinski definition) is 5. The van der Waals surface area contributed by atoms with E-state index in [1.807, 2.05) is 18.2 Å². The molecule has 2 nitrogen and oxygen atoms in total. The first kappa shape index (κ1) is 20.5. The number of fused-ring (bicyclic) bond motifs is 1. The number of anilines is 1. The largest absolute Gasteiger partial charge is 0.375 e. The molecule has 0 saturated heterocycles. The summed E-state index contributed by atoms with van der Waals surface area (Å²) < 4.78 is 1.10. The van der Waals surface area contributed by atoms with Gasteiger partial charge >= 0.3 is 0 Å². The van der Waals surface area contributed by atoms with Crippen molar-refractivity contribution in [1.82, 2.24) is 0 Å². The normalized spacial score (nSPS) is 20.5. The third kappa shape index (κ3) is 3.60. The van der Waals surface area contributed by atoms with E-state index in [0.717, 1.165) is 41.3 Å². The van der Waals surface area contributed by atoms with Gasteiger partial charge in [-0.05, 0) is 63.4 Å². The lowest BCUT2D eigenvalue weighted by Crippen LogP contribution is -2.43. The Hall–Kier alpha value is -1.82. The zero-order valence-corrected chi connectivity index (χ0v) is 19.6. The SMILES string of the molecule is CC(=O)C1=C(c2ccccc2)S/C(=C2\C(=S)C(C)(C)Nc3cc(C)c(C)cc32)S1. The Labute approximate surface area is 186 Å². The second kappa shape index (κ2) is 7.46. The maximum absolute atomic E-state index is 12.5. The van der Waals surface area contributed by atoms with Gasteiger partial charge in [-0.2, -0.15) is 0 Å². The molecule has 0 atom stereocenters. The van der Waals surface area contributed by atoms with Gasteiger partial charge in [-0.25, -0.2) is 0 Å². The summed E-state index contributed by atoms with van der Waals surface area (Å²) >= 11 is 9.20. The van der Waals surface area contributed by atoms with Crippen LogP contribution < -0.4 is 5.32 Å². The molecule has 2 heterocycles. The van der Waals surface area contributed by atoms with E-state index in [0.29, 0.717) is 0 Å². The number of aryl methyl sites for hydroxylation is 2. The minimum Gasteiger partial charge on any atom is -0.375 e. The van der Waals surface area contributed by atoms with Crippen LogP contribution >= 0.6 is 35.7 Å². The molecule has 5 heteroatoms. The van der Waals surface area contributed by atoms with E-state index >= 15 is 0 Å². The maximum Gasteiger partial charge on any atom is 0.167 e. The van der Waals surface area contributed by atoms with Crippen molar-refractivity contribution < 1.29 is 4.79 Å². The Morgan fingerprint density at radius 2 is 1.69 bits per heavy atom. The summed E-state index contributed by atoms with van der Waals surface area (Å²) in [6, 6.07) is 14.6. The average molecular weight is 438 g/mol. The van der Waals surface area contributed by atoms with Crippen LogP contribution in [0.1, 0.15) is 43.0 Å². The second-order valence-electron chi connectivity index (χ2n) is 8.01. The highest BCUT2D eigenvalue weighted by atomic mass is 32.2. The van der Waals surface area contributed by atoms with Gasteiger partial charge < -0.3 is 5.32 Å². The predicted molar refractivity (Wildman–Crippen MR) is 132 cm³/mol. The number of allylic oxidation sites excluding steroid dienone is 1. The Bertz CT molecular complexity index is 1110. The van der Waals surface area contributed by atoms with E-state index in [4.69, 9.17) is 12.2 Å². The highest BCUT2D eigenvalue weighted by molar-refractivity contribution is 8.32. The molecule has 0 radical (unpaired) electrons. The summed E-state index contributed by atoms with van der Waals surface area (Å²) in [4.78, 5) is 15.2. The van der Waals surface area contributed by atoms with Crippen molar-refractivity contribution in [1.29, 1.82) is 0 Å². The highest BCUT2D eigenvalue weighted by Crippen LogP contribution is 2.58. The number of carbonyl (C=O) groups excluding carboxylic acids is 1. The molecule has 29 heavy (non-hydrogen) atoms. The number of thiocarbonyl (C=S) groups is 1. The molecule has 2 aromatic rings. The van der Waals surface area contributed by atoms with Crippen LogP contribution in [0, 0.1) is 13.8 Å². The number of thioether (sulfide) groups is 2. The van der Waals surface area contributed by atoms with Crippen molar-refractivity contribution in [3.05, 3.63) is 73.9 Å². The molecule has 2 aromatic carbocycles. The number of hydrogen-bond donors (Lipinski definition) is 1. The van der Waals surface area contributed by atoms with Gasteiger partial charge in [-0.3, -0.25) is 4.79 Å². The van der Waals surface area contributed by atoms with Crippen LogP contribution in [-0.4, -0.2) is 16.2 Å². The Balaban J connectivity index is 1.91. The van der Waals surface area contributed by atoms with Gasteiger partial charge in [-0.1, -0.05) is 66.1 Å². The smallest absolute Gasteiger partial charge is 0.167 e. The van der Waals surface area contributed by atoms with Crippen LogP contribution in [0.5, 0.6) is 0 Å². The Kier molecular flexibility index (Phi) is 5.26. The minimum absolute atomic E-state index is 0.0939. The lowest BCUT2D eigenvalue weighted by Gasteiger charge is -2.37. The molecule has 0 amide bonds. The van der Waals surface area contributed by atoms with Gasteiger partial charge in [0.25, 0.3) is 0 Å². The fourth-order valence-corrected chi connectivity index (χ4v) is 6.72. The van der Waals surface area contributed by atoms with E-state index in [1.165, 1.54) is 11.1 Å². The van der Waals surface area contributed by atoms with Crippen molar-refractivity contribution in [3.8, 4) is 0 Å². The third-order valence-corrected chi connectivity index (χ3v) is 8.76. The second-order valence-corrected chi connectivity index (χ2v) is 10.7. The summed E-state index contributed by atoms with van der Waals surface area (Å²) in [5.74, 6) is 0.0939. The molecule has 4 rings (SSSR count). The number of rotatable bonds is 2. The topological polar surface area (TPSA) is 29.1 Å². The van der Waals surface area contributed by atoms with Gasteiger partial charge in [0.15, 0.2) is 5.78 Å². The van der Waals surface area contributed by atoms with E-state index in [9.17, 15) is 4.79 Å². The summed E-state index contributed by atoms with van der Waals surface area (Å²) in [7, 11) is 0. The number of Topliss-reactive ketones (excluding diaryl/α,β-unsaturated/α-hetero) is 1. The number of carbonyl (C=O) groups is 1. The Morgan fingerprint density at radius 3 is 2.34 bits per heavy atom. The van der Waals surface area contributed by atoms with Crippen molar-refractivity contribution in [2.75, 3.05) is 5.32 Å². The van der Waals surface area contributed by atoms with Crippen molar-refractivity contribution in [2.45, 2.75) is 40.2 Å². The first-order valence-corrected chi connectivity index (χ1v) is 11.6. The van der Waals surface area contributed by atoms with Gasteiger partial charge in [0.05, 0.1) is 14.7 Å². The van der Waals surface area contributed by atoms with Crippen molar-refractivity contribution in [3.63, 3.8) is 0 Å². The summed E-state index contributed by atoms with van der Waals surface area (Å²) in [6.45, 7) is 10.1. The monoisotopic (exact) mass is 437 g/mol. The van der Waals surface area contributed by atoms with Crippen LogP contribution in [-0.2, 0) is 4.79 Å². The third-order valence-electron chi connectivity index (χ3n) is 5.30. The van der Waals surface area contributed by atoms with E-state index < -0.39 is 0 Å². The Morgan fingerprint density at radius 1 is 1.03 bits per heavy atom. The summed E-state index contributed by atoms with van der Waals surface area (Å²) in [6.07, 6.45) is 0. The van der Waals surface area contributed by atoms with Gasteiger partial charge in [-0.15, -0.1) is 0 Å². The van der Waals surface area contributed by atoms with Gasteiger partial charge in [0.1, 0.15) is 0 Å². The molecular formula is C24H23NOS3. The average Bonchev–Trinajstić information content (AvgIpc) is 3.10. The molecule has 0 aromatic heterocycles. The molecule has 2 aliphatic rings. The molecule has 0 unspecified atom stereocenters. The summed E-state index contributed by atoms with van der Waals surface area (Å²) in [5, 5.41) is 3.61. The molecule has 0 bridgehead atoms. The minimum atomic E-state index is -0.334. The van der Waals surface area contributed by atoms with E-state index in [-0.39, 0.29) is 11.3 Å². The van der Waals surface area contributed by atoms with Crippen LogP contribution in [0.4, 0.5) is 5.69 Å². The standard InChI is InChI=1S/C24H23NOS3/c1-13-11-17-18(12-14(13)2)25-24(4,5)22(27)19(17)23-28-20(15(3)26)21(29-23)16-9-7-6-8-10-16/h6-12,25H,1-5H3/b23-19-. The fraction of sp³-hybridized carbons (Fsp3) is 0.250. The van der Waals surface area contributed by atoms with Crippen molar-refractivity contribution >= 4 is 62.6 Å². The van der Waals surface area contributed by atoms with Crippen LogP contribution in [0.25, 0.3) is 10.5 Å². The zero-order chi connectivity index (χ0) is 20.9. The van der Waals surface area contributed by atoms with E-state index in [1.54, 1.807) is 30.4 Å². The molecule has 0 saturated carbocycles. The molecule has 0 aliphatic carbocycles. The van der Waals surface area contributed by atoms with E-state index in [2.05, 4.69) is 57.3 Å². The first-order valence-electron chi connectivity index (χ1n) is 9.54. The van der Waals surface area contributed by atoms with Crippen LogP contribution in [0.3, 0.4) is 0 Å². The quantitative estimate of drug-likeness (QED) is 0.404. The molecule has 1 N–H and O–H groups in total. The van der Waals surface area contributed by atoms with Gasteiger partial charge in [0.2, 0.25) is 0 Å². The van der Waals surface area contributed by atoms with Crippen LogP contribution in [0.2, 0.25) is 0 Å². The number of benzene rings is 2. The van der Waals surface area contributed by atoms with Crippen LogP contribution in [0.15, 0.2) is 51.6 Å². The lowest BCUT2D eigenvalue weighted by molar-refractivity contribution is -0.112. The molecule has 0 fully saturated rings. The highest BCUT2D eigenvalue weighted by Gasteiger charge is 2.38. The fourth-order valence-electron chi connectivity index (χ4n) is 3.57. The van der Waals surface area contributed by atoms with Gasteiger partial charge in [0, 0.05) is 26.6 Å². The molecule has 0 spiro atoms. The molecular weight excluding hydrogens is 414 g/mol. The molecule has 2 aliphatic heterocycles. The molecule has 148 valence electrons. The number of nitrogens with one attached hydrogen (secondary N) is 1. The maximum atomic E-state index is 12.5. The zero-order valence-electron chi connectivity index (χ0n) is 17.2. The predicted octanol–water partition coefficient (Wildman–Crippen LogP) is 6.98. The first-order chi connectivity index (χ1) is 13.7.